The number of carbonyl (C=O) groups excluding carboxylic acids is 2. The monoisotopic (exact) mass is 751 g/mol. The Morgan fingerprint density at radius 2 is 1.54 bits per heavy atom. The molecule has 11 nitrogen and oxygen atoms in total. The van der Waals surface area contributed by atoms with Crippen LogP contribution in [-0.4, -0.2) is 80.8 Å². The van der Waals surface area contributed by atoms with Crippen LogP contribution in [-0.2, 0) is 37.9 Å². The minimum Gasteiger partial charge on any atom is -0.489 e. The van der Waals surface area contributed by atoms with Crippen LogP contribution in [0.5, 0.6) is 5.75 Å². The summed E-state index contributed by atoms with van der Waals surface area (Å²) in [6, 6.07) is 31.3. The molecule has 0 radical (unpaired) electrons. The normalized spacial score (nSPS) is 15.8. The van der Waals surface area contributed by atoms with Crippen LogP contribution in [0.15, 0.2) is 109 Å². The van der Waals surface area contributed by atoms with E-state index >= 15 is 4.79 Å². The SMILES string of the molecule is Cc1c(C(=O)NCc2ccc(OCc3ccccc3)cc2)cc(-c2cc3cn(C(=O)O)cc3cc2C(=O)N2Cc3ccccc3C[C@H]2CN2CCOCC2)n1C. The molecule has 4 heterocycles. The number of ether oxygens (including phenoxy) is 2. The minimum absolute atomic E-state index is 0.0800. The van der Waals surface area contributed by atoms with Gasteiger partial charge in [0.25, 0.3) is 11.8 Å². The summed E-state index contributed by atoms with van der Waals surface area (Å²) >= 11 is 0. The lowest BCUT2D eigenvalue weighted by molar-refractivity contribution is 0.0193. The topological polar surface area (TPSA) is 118 Å². The van der Waals surface area contributed by atoms with Gasteiger partial charge in [0.05, 0.1) is 18.8 Å². The fraction of sp³-hybridized carbons (Fsp3) is 0.267. The number of morpholine rings is 1. The number of hydrogen-bond donors (Lipinski definition) is 2. The molecule has 0 saturated carbocycles. The van der Waals surface area contributed by atoms with E-state index in [0.29, 0.717) is 72.6 Å². The molecule has 0 spiro atoms. The molecule has 6 aromatic rings. The molecular formula is C45H45N5O6. The van der Waals surface area contributed by atoms with Gasteiger partial charge >= 0.3 is 6.09 Å². The van der Waals surface area contributed by atoms with Crippen molar-refractivity contribution in [1.29, 1.82) is 0 Å². The van der Waals surface area contributed by atoms with E-state index in [1.54, 1.807) is 12.3 Å². The van der Waals surface area contributed by atoms with Crippen LogP contribution in [0.25, 0.3) is 22.0 Å². The molecule has 2 N–H and O–H groups in total. The molecule has 1 atom stereocenters. The summed E-state index contributed by atoms with van der Waals surface area (Å²) in [4.78, 5) is 45.1. The molecule has 0 aliphatic carbocycles. The van der Waals surface area contributed by atoms with Crippen LogP contribution in [0.2, 0.25) is 0 Å². The van der Waals surface area contributed by atoms with E-state index < -0.39 is 6.09 Å². The maximum atomic E-state index is 15.0. The average molecular weight is 752 g/mol. The number of nitrogens with one attached hydrogen (secondary N) is 1. The van der Waals surface area contributed by atoms with Crippen LogP contribution >= 0.6 is 0 Å². The Morgan fingerprint density at radius 1 is 0.839 bits per heavy atom. The number of hydrogen-bond acceptors (Lipinski definition) is 6. The third-order valence-electron chi connectivity index (χ3n) is 11.1. The van der Waals surface area contributed by atoms with Crippen LogP contribution < -0.4 is 10.1 Å². The molecule has 2 amide bonds. The number of nitrogens with zero attached hydrogens (tertiary/aromatic N) is 4. The van der Waals surface area contributed by atoms with Gasteiger partial charge in [-0.25, -0.2) is 4.79 Å². The highest BCUT2D eigenvalue weighted by atomic mass is 16.5. The van der Waals surface area contributed by atoms with Crippen molar-refractivity contribution in [1.82, 2.24) is 24.3 Å². The summed E-state index contributed by atoms with van der Waals surface area (Å²) in [5, 5.41) is 14.2. The maximum absolute atomic E-state index is 15.0. The van der Waals surface area contributed by atoms with Crippen molar-refractivity contribution in [2.75, 3.05) is 32.8 Å². The molecule has 1 saturated heterocycles. The van der Waals surface area contributed by atoms with Gasteiger partial charge in [-0.15, -0.1) is 0 Å². The van der Waals surface area contributed by atoms with Crippen LogP contribution in [0.4, 0.5) is 4.79 Å². The summed E-state index contributed by atoms with van der Waals surface area (Å²) in [5.41, 5.74) is 7.36. The zero-order valence-corrected chi connectivity index (χ0v) is 31.6. The second-order valence-electron chi connectivity index (χ2n) is 14.6. The van der Waals surface area contributed by atoms with Crippen molar-refractivity contribution in [3.8, 4) is 17.0 Å². The van der Waals surface area contributed by atoms with Gasteiger partial charge in [0.2, 0.25) is 0 Å². The molecule has 2 aliphatic heterocycles. The molecule has 0 bridgehead atoms. The smallest absolute Gasteiger partial charge is 0.415 e. The lowest BCUT2D eigenvalue weighted by Crippen LogP contribution is -2.52. The Bertz CT molecular complexity index is 2390. The third-order valence-corrected chi connectivity index (χ3v) is 11.1. The van der Waals surface area contributed by atoms with Crippen LogP contribution in [0.3, 0.4) is 0 Å². The van der Waals surface area contributed by atoms with Crippen molar-refractivity contribution in [3.63, 3.8) is 0 Å². The van der Waals surface area contributed by atoms with Gasteiger partial charge in [-0.05, 0) is 65.9 Å². The first-order chi connectivity index (χ1) is 27.2. The number of carbonyl (C=O) groups is 3. The van der Waals surface area contributed by atoms with Crippen LogP contribution in [0.1, 0.15) is 48.7 Å². The van der Waals surface area contributed by atoms with E-state index in [4.69, 9.17) is 9.47 Å². The van der Waals surface area contributed by atoms with E-state index in [-0.39, 0.29) is 17.9 Å². The fourth-order valence-corrected chi connectivity index (χ4v) is 7.83. The molecule has 286 valence electrons. The number of aromatic nitrogens is 2. The average Bonchev–Trinajstić information content (AvgIpc) is 3.79. The molecule has 1 fully saturated rings. The van der Waals surface area contributed by atoms with Crippen molar-refractivity contribution in [3.05, 3.63) is 149 Å². The van der Waals surface area contributed by atoms with Crippen LogP contribution in [0, 0.1) is 6.92 Å². The van der Waals surface area contributed by atoms with E-state index in [9.17, 15) is 14.7 Å². The Morgan fingerprint density at radius 3 is 2.27 bits per heavy atom. The molecule has 11 heteroatoms. The van der Waals surface area contributed by atoms with E-state index in [1.165, 1.54) is 11.8 Å². The van der Waals surface area contributed by atoms with Crippen molar-refractivity contribution >= 4 is 28.7 Å². The molecule has 4 aromatic carbocycles. The fourth-order valence-electron chi connectivity index (χ4n) is 7.83. The first kappa shape index (κ1) is 36.8. The Hall–Kier alpha value is -6.17. The van der Waals surface area contributed by atoms with Gasteiger partial charge in [-0.3, -0.25) is 19.1 Å². The standard InChI is InChI=1S/C45H45N5O6/c1-30-39(43(51)46-24-31-12-14-38(15-13-31)56-29-32-8-4-3-5-9-32)23-42(47(30)2)40-21-35-25-49(45(53)54)26-36(35)22-41(40)44(52)50-27-34-11-7-6-10-33(34)20-37(50)28-48-16-18-55-19-17-48/h3-15,21-23,25-26,37H,16-20,24,27-29H2,1-2H3,(H,46,51)(H,53,54)/t37-/m0/s1. The van der Waals surface area contributed by atoms with E-state index in [0.717, 1.165) is 52.2 Å². The number of fused-ring (bicyclic) bond motifs is 2. The number of rotatable bonds is 10. The molecule has 8 rings (SSSR count). The molecular weight excluding hydrogens is 707 g/mol. The number of carboxylic acid groups (broad SMARTS) is 1. The Labute approximate surface area is 325 Å². The quantitative estimate of drug-likeness (QED) is 0.157. The zero-order valence-electron chi connectivity index (χ0n) is 31.6. The largest absolute Gasteiger partial charge is 0.489 e. The maximum Gasteiger partial charge on any atom is 0.415 e. The van der Waals surface area contributed by atoms with Gasteiger partial charge in [0.15, 0.2) is 0 Å². The van der Waals surface area contributed by atoms with Gasteiger partial charge in [0, 0.05) is 91.5 Å². The Kier molecular flexibility index (Phi) is 10.4. The highest BCUT2D eigenvalue weighted by Gasteiger charge is 2.34. The second-order valence-corrected chi connectivity index (χ2v) is 14.6. The molecule has 2 aromatic heterocycles. The van der Waals surface area contributed by atoms with Gasteiger partial charge < -0.3 is 29.4 Å². The predicted molar refractivity (Wildman–Crippen MR) is 214 cm³/mol. The van der Waals surface area contributed by atoms with Crippen molar-refractivity contribution in [2.24, 2.45) is 7.05 Å². The van der Waals surface area contributed by atoms with E-state index in [2.05, 4.69) is 22.3 Å². The van der Waals surface area contributed by atoms with Gasteiger partial charge in [-0.1, -0.05) is 66.7 Å². The lowest BCUT2D eigenvalue weighted by atomic mass is 9.91. The zero-order chi connectivity index (χ0) is 38.8. The third kappa shape index (κ3) is 7.68. The summed E-state index contributed by atoms with van der Waals surface area (Å²) < 4.78 is 14.6. The highest BCUT2D eigenvalue weighted by molar-refractivity contribution is 6.07. The number of amides is 2. The van der Waals surface area contributed by atoms with E-state index in [1.807, 2.05) is 102 Å². The van der Waals surface area contributed by atoms with Gasteiger partial charge in [0.1, 0.15) is 12.4 Å². The number of benzene rings is 4. The summed E-state index contributed by atoms with van der Waals surface area (Å²) in [5.74, 6) is 0.367. The summed E-state index contributed by atoms with van der Waals surface area (Å²) in [6.45, 7) is 6.79. The second kappa shape index (κ2) is 15.9. The summed E-state index contributed by atoms with van der Waals surface area (Å²) in [7, 11) is 1.88. The first-order valence-corrected chi connectivity index (χ1v) is 19.0. The van der Waals surface area contributed by atoms with Crippen molar-refractivity contribution < 1.29 is 29.0 Å². The first-order valence-electron chi connectivity index (χ1n) is 19.0. The predicted octanol–water partition coefficient (Wildman–Crippen LogP) is 6.89. The minimum atomic E-state index is -1.11. The highest BCUT2D eigenvalue weighted by Crippen LogP contribution is 2.35. The Balaban J connectivity index is 1.08. The molecule has 56 heavy (non-hydrogen) atoms. The van der Waals surface area contributed by atoms with Crippen molar-refractivity contribution in [2.45, 2.75) is 39.1 Å². The van der Waals surface area contributed by atoms with Gasteiger partial charge in [-0.2, -0.15) is 0 Å². The summed E-state index contributed by atoms with van der Waals surface area (Å²) in [6.07, 6.45) is 2.70. The molecule has 0 unspecified atom stereocenters. The lowest BCUT2D eigenvalue weighted by Gasteiger charge is -2.40. The molecule has 2 aliphatic rings.